The van der Waals surface area contributed by atoms with E-state index in [2.05, 4.69) is 6.92 Å². The number of hydrogen-bond acceptors (Lipinski definition) is 1. The number of unbranched alkanes of at least 4 members (excludes halogenated alkanes) is 1. The minimum absolute atomic E-state index is 0.220. The first-order valence-corrected chi connectivity index (χ1v) is 8.77. The molecule has 3 heteroatoms. The van der Waals surface area contributed by atoms with Gasteiger partial charge in [0.2, 0.25) is 0 Å². The Morgan fingerprint density at radius 3 is 2.18 bits per heavy atom. The maximum absolute atomic E-state index is 14.1. The predicted molar refractivity (Wildman–Crippen MR) is 86.4 cm³/mol. The third-order valence-corrected chi connectivity index (χ3v) is 4.76. The van der Waals surface area contributed by atoms with Gasteiger partial charge in [-0.1, -0.05) is 33.1 Å². The zero-order chi connectivity index (χ0) is 15.9. The molecule has 1 aliphatic carbocycles. The molecule has 0 N–H and O–H groups in total. The monoisotopic (exact) mass is 310 g/mol. The molecule has 1 aromatic rings. The Labute approximate surface area is 133 Å². The predicted octanol–water partition coefficient (Wildman–Crippen LogP) is 6.22. The first-order chi connectivity index (χ1) is 10.7. The van der Waals surface area contributed by atoms with Crippen LogP contribution in [0.4, 0.5) is 8.78 Å². The maximum Gasteiger partial charge on any atom is 0.190 e. The number of hydrogen-bond donors (Lipinski definition) is 0. The maximum atomic E-state index is 14.1. The number of rotatable bonds is 7. The molecular formula is C19H28F2O. The molecule has 124 valence electrons. The second-order valence-corrected chi connectivity index (χ2v) is 6.52. The highest BCUT2D eigenvalue weighted by atomic mass is 19.1. The highest BCUT2D eigenvalue weighted by Crippen LogP contribution is 2.39. The molecule has 0 aliphatic heterocycles. The summed E-state index contributed by atoms with van der Waals surface area (Å²) in [6, 6.07) is 2.95. The standard InChI is InChI=1S/C19H28F2O/c1-3-5-6-14-7-9-15(10-8-14)16-12-17(20)19(18(21)13-16)22-11-4-2/h12-15H,3-11H2,1-2H3/t14-,15-. The zero-order valence-electron chi connectivity index (χ0n) is 13.8. The summed E-state index contributed by atoms with van der Waals surface area (Å²) in [5, 5.41) is 0. The van der Waals surface area contributed by atoms with Gasteiger partial charge in [0, 0.05) is 0 Å². The molecule has 0 bridgehead atoms. The largest absolute Gasteiger partial charge is 0.488 e. The van der Waals surface area contributed by atoms with Crippen LogP contribution in [0.15, 0.2) is 12.1 Å². The van der Waals surface area contributed by atoms with Crippen LogP contribution in [0.2, 0.25) is 0 Å². The van der Waals surface area contributed by atoms with Crippen molar-refractivity contribution in [3.63, 3.8) is 0 Å². The van der Waals surface area contributed by atoms with Gasteiger partial charge in [0.15, 0.2) is 17.4 Å². The molecule has 1 fully saturated rings. The van der Waals surface area contributed by atoms with Crippen molar-refractivity contribution >= 4 is 0 Å². The summed E-state index contributed by atoms with van der Waals surface area (Å²) in [6.07, 6.45) is 9.03. The Morgan fingerprint density at radius 1 is 1.00 bits per heavy atom. The molecule has 0 atom stereocenters. The lowest BCUT2D eigenvalue weighted by Gasteiger charge is -2.29. The number of halogens is 2. The van der Waals surface area contributed by atoms with Gasteiger partial charge >= 0.3 is 0 Å². The Hall–Kier alpha value is -1.12. The first kappa shape index (κ1) is 17.2. The van der Waals surface area contributed by atoms with E-state index in [1.807, 2.05) is 6.92 Å². The van der Waals surface area contributed by atoms with Crippen LogP contribution in [0.5, 0.6) is 5.75 Å². The highest BCUT2D eigenvalue weighted by Gasteiger charge is 2.24. The van der Waals surface area contributed by atoms with Gasteiger partial charge in [-0.2, -0.15) is 0 Å². The third kappa shape index (κ3) is 4.44. The van der Waals surface area contributed by atoms with Gasteiger partial charge in [-0.3, -0.25) is 0 Å². The molecule has 0 heterocycles. The SMILES string of the molecule is CCCC[C@H]1CC[C@H](c2cc(F)c(OCCC)c(F)c2)CC1. The molecule has 0 saturated heterocycles. The highest BCUT2D eigenvalue weighted by molar-refractivity contribution is 5.33. The minimum Gasteiger partial charge on any atom is -0.488 e. The van der Waals surface area contributed by atoms with Gasteiger partial charge in [0.05, 0.1) is 6.61 Å². The second-order valence-electron chi connectivity index (χ2n) is 6.52. The van der Waals surface area contributed by atoms with Gasteiger partial charge in [-0.15, -0.1) is 0 Å². The van der Waals surface area contributed by atoms with E-state index in [0.29, 0.717) is 12.5 Å². The summed E-state index contributed by atoms with van der Waals surface area (Å²) in [6.45, 7) is 4.48. The lowest BCUT2D eigenvalue weighted by molar-refractivity contribution is 0.281. The van der Waals surface area contributed by atoms with E-state index in [0.717, 1.165) is 30.7 Å². The van der Waals surface area contributed by atoms with Gasteiger partial charge in [0.25, 0.3) is 0 Å². The van der Waals surface area contributed by atoms with Crippen molar-refractivity contribution in [1.29, 1.82) is 0 Å². The molecule has 1 saturated carbocycles. The van der Waals surface area contributed by atoms with Gasteiger partial charge in [-0.25, -0.2) is 8.78 Å². The summed E-state index contributed by atoms with van der Waals surface area (Å²) in [7, 11) is 0. The van der Waals surface area contributed by atoms with E-state index in [1.54, 1.807) is 0 Å². The normalized spacial score (nSPS) is 21.8. The first-order valence-electron chi connectivity index (χ1n) is 8.77. The molecule has 0 aromatic heterocycles. The summed E-state index contributed by atoms with van der Waals surface area (Å²) in [5.41, 5.74) is 0.799. The Morgan fingerprint density at radius 2 is 1.64 bits per heavy atom. The summed E-state index contributed by atoms with van der Waals surface area (Å²) >= 11 is 0. The van der Waals surface area contributed by atoms with Crippen molar-refractivity contribution in [3.8, 4) is 5.75 Å². The second kappa shape index (κ2) is 8.50. The fraction of sp³-hybridized carbons (Fsp3) is 0.684. The number of ether oxygens (including phenoxy) is 1. The van der Waals surface area contributed by atoms with Crippen LogP contribution in [-0.4, -0.2) is 6.61 Å². The van der Waals surface area contributed by atoms with E-state index in [9.17, 15) is 8.78 Å². The third-order valence-electron chi connectivity index (χ3n) is 4.76. The van der Waals surface area contributed by atoms with Crippen LogP contribution < -0.4 is 4.74 Å². The van der Waals surface area contributed by atoms with Crippen molar-refractivity contribution in [2.24, 2.45) is 5.92 Å². The summed E-state index contributed by atoms with van der Waals surface area (Å²) in [4.78, 5) is 0. The van der Waals surface area contributed by atoms with Crippen molar-refractivity contribution < 1.29 is 13.5 Å². The molecule has 22 heavy (non-hydrogen) atoms. The van der Waals surface area contributed by atoms with Crippen molar-refractivity contribution in [2.45, 2.75) is 71.1 Å². The van der Waals surface area contributed by atoms with Crippen LogP contribution in [-0.2, 0) is 0 Å². The van der Waals surface area contributed by atoms with E-state index in [1.165, 1.54) is 44.2 Å². The molecule has 2 rings (SSSR count). The molecule has 0 unspecified atom stereocenters. The van der Waals surface area contributed by atoms with Crippen molar-refractivity contribution in [1.82, 2.24) is 0 Å². The van der Waals surface area contributed by atoms with E-state index in [4.69, 9.17) is 4.74 Å². The molecule has 0 spiro atoms. The molecular weight excluding hydrogens is 282 g/mol. The smallest absolute Gasteiger partial charge is 0.190 e. The van der Waals surface area contributed by atoms with E-state index >= 15 is 0 Å². The van der Waals surface area contributed by atoms with Crippen LogP contribution in [0.1, 0.15) is 76.7 Å². The van der Waals surface area contributed by atoms with Gasteiger partial charge in [0.1, 0.15) is 0 Å². The Bertz CT molecular complexity index is 441. The molecule has 0 radical (unpaired) electrons. The minimum atomic E-state index is -0.559. The quantitative estimate of drug-likeness (QED) is 0.581. The summed E-state index contributed by atoms with van der Waals surface area (Å²) < 4.78 is 33.3. The molecule has 1 aliphatic rings. The van der Waals surface area contributed by atoms with E-state index < -0.39 is 11.6 Å². The van der Waals surface area contributed by atoms with Gasteiger partial charge in [-0.05, 0) is 61.6 Å². The van der Waals surface area contributed by atoms with E-state index in [-0.39, 0.29) is 5.75 Å². The number of benzene rings is 1. The van der Waals surface area contributed by atoms with Crippen LogP contribution in [0, 0.1) is 17.6 Å². The van der Waals surface area contributed by atoms with Crippen molar-refractivity contribution in [3.05, 3.63) is 29.3 Å². The molecule has 1 aromatic carbocycles. The molecule has 0 amide bonds. The zero-order valence-corrected chi connectivity index (χ0v) is 13.8. The molecule has 1 nitrogen and oxygen atoms in total. The lowest BCUT2D eigenvalue weighted by Crippen LogP contribution is -2.14. The summed E-state index contributed by atoms with van der Waals surface area (Å²) in [5.74, 6) is -0.240. The van der Waals surface area contributed by atoms with Crippen LogP contribution in [0.3, 0.4) is 0 Å². The van der Waals surface area contributed by atoms with Crippen LogP contribution in [0.25, 0.3) is 0 Å². The Kier molecular flexibility index (Phi) is 6.66. The average molecular weight is 310 g/mol. The lowest BCUT2D eigenvalue weighted by atomic mass is 9.77. The Balaban J connectivity index is 1.99. The van der Waals surface area contributed by atoms with Crippen molar-refractivity contribution in [2.75, 3.05) is 6.61 Å². The topological polar surface area (TPSA) is 9.23 Å². The fourth-order valence-electron chi connectivity index (χ4n) is 3.43. The van der Waals surface area contributed by atoms with Crippen LogP contribution >= 0.6 is 0 Å². The average Bonchev–Trinajstić information content (AvgIpc) is 2.52. The van der Waals surface area contributed by atoms with Gasteiger partial charge < -0.3 is 4.74 Å². The fourth-order valence-corrected chi connectivity index (χ4v) is 3.43.